The van der Waals surface area contributed by atoms with Crippen molar-refractivity contribution in [2.24, 2.45) is 0 Å². The van der Waals surface area contributed by atoms with Crippen LogP contribution in [0.4, 0.5) is 23.7 Å². The number of unbranched alkanes of at least 4 members (excludes halogenated alkanes) is 1. The van der Waals surface area contributed by atoms with Crippen LogP contribution in [0, 0.1) is 0 Å². The van der Waals surface area contributed by atoms with E-state index in [0.29, 0.717) is 24.6 Å². The molecule has 2 N–H and O–H groups in total. The van der Waals surface area contributed by atoms with Crippen molar-refractivity contribution in [2.75, 3.05) is 31.6 Å². The predicted molar refractivity (Wildman–Crippen MR) is 152 cm³/mol. The van der Waals surface area contributed by atoms with E-state index in [-0.39, 0.29) is 25.3 Å². The summed E-state index contributed by atoms with van der Waals surface area (Å²) in [5.74, 6) is -0.842. The summed E-state index contributed by atoms with van der Waals surface area (Å²) in [5, 5.41) is 12.0. The lowest BCUT2D eigenvalue weighted by atomic mass is 10.1. The molecule has 3 rings (SSSR count). The first-order valence-corrected chi connectivity index (χ1v) is 13.6. The van der Waals surface area contributed by atoms with Crippen LogP contribution < -0.4 is 14.8 Å². The molecule has 1 atom stereocenters. The molecule has 0 saturated heterocycles. The van der Waals surface area contributed by atoms with Gasteiger partial charge in [-0.25, -0.2) is 9.59 Å². The van der Waals surface area contributed by atoms with Gasteiger partial charge in [-0.15, -0.1) is 13.2 Å². The summed E-state index contributed by atoms with van der Waals surface area (Å²) in [6, 6.07) is 21.5. The summed E-state index contributed by atoms with van der Waals surface area (Å²) in [5.41, 5.74) is 2.32. The Morgan fingerprint density at radius 1 is 0.881 bits per heavy atom. The van der Waals surface area contributed by atoms with Gasteiger partial charge in [0.05, 0.1) is 6.54 Å². The van der Waals surface area contributed by atoms with Gasteiger partial charge in [0.15, 0.2) is 6.10 Å². The maximum absolute atomic E-state index is 13.1. The molecule has 3 aromatic carbocycles. The highest BCUT2D eigenvalue weighted by atomic mass is 19.4. The molecule has 226 valence electrons. The number of carbonyl (C=O) groups is 2. The number of carboxylic acid groups (broad SMARTS) is 1. The average molecular weight is 589 g/mol. The summed E-state index contributed by atoms with van der Waals surface area (Å²) in [6.45, 7) is 2.94. The number of ether oxygens (including phenoxy) is 3. The number of aliphatic carboxylic acids is 1. The zero-order valence-electron chi connectivity index (χ0n) is 23.3. The number of carbonyl (C=O) groups excluding carboxylic acids is 1. The Hall–Kier alpha value is -4.25. The molecule has 11 heteroatoms. The summed E-state index contributed by atoms with van der Waals surface area (Å²) < 4.78 is 52.3. The number of amides is 2. The summed E-state index contributed by atoms with van der Waals surface area (Å²) in [4.78, 5) is 26.0. The molecule has 3 aromatic rings. The molecule has 0 spiro atoms. The summed E-state index contributed by atoms with van der Waals surface area (Å²) >= 11 is 0. The van der Waals surface area contributed by atoms with Gasteiger partial charge >= 0.3 is 18.4 Å². The quantitative estimate of drug-likeness (QED) is 0.184. The number of carboxylic acids is 1. The van der Waals surface area contributed by atoms with E-state index in [1.807, 2.05) is 18.2 Å². The second kappa shape index (κ2) is 16.3. The first-order chi connectivity index (χ1) is 20.1. The van der Waals surface area contributed by atoms with Gasteiger partial charge in [0.1, 0.15) is 18.1 Å². The maximum Gasteiger partial charge on any atom is 0.573 e. The summed E-state index contributed by atoms with van der Waals surface area (Å²) in [6.07, 6.45) is -3.04. The van der Waals surface area contributed by atoms with Gasteiger partial charge < -0.3 is 29.5 Å². The lowest BCUT2D eigenvalue weighted by molar-refractivity contribution is -0.274. The Morgan fingerprint density at radius 3 is 2.17 bits per heavy atom. The number of rotatable bonds is 16. The number of benzene rings is 3. The second-order valence-corrected chi connectivity index (χ2v) is 9.41. The van der Waals surface area contributed by atoms with Gasteiger partial charge in [0.2, 0.25) is 0 Å². The van der Waals surface area contributed by atoms with Crippen LogP contribution in [0.2, 0.25) is 0 Å². The van der Waals surface area contributed by atoms with Crippen molar-refractivity contribution in [1.29, 1.82) is 0 Å². The number of nitrogens with one attached hydrogen (secondary N) is 1. The van der Waals surface area contributed by atoms with Crippen molar-refractivity contribution < 1.29 is 42.1 Å². The van der Waals surface area contributed by atoms with Crippen molar-refractivity contribution in [3.8, 4) is 11.5 Å². The number of halogens is 3. The van der Waals surface area contributed by atoms with E-state index in [2.05, 4.69) is 22.2 Å². The predicted octanol–water partition coefficient (Wildman–Crippen LogP) is 6.55. The normalized spacial score (nSPS) is 11.9. The van der Waals surface area contributed by atoms with Crippen LogP contribution in [0.25, 0.3) is 0 Å². The molecule has 2 amide bonds. The number of nitrogens with zero attached hydrogens (tertiary/aromatic N) is 1. The molecular formula is C31H35F3N2O6. The molecule has 1 unspecified atom stereocenters. The van der Waals surface area contributed by atoms with Gasteiger partial charge in [-0.05, 0) is 73.7 Å². The van der Waals surface area contributed by atoms with Crippen molar-refractivity contribution in [1.82, 2.24) is 4.90 Å². The first kappa shape index (κ1) is 32.3. The maximum atomic E-state index is 13.1. The second-order valence-electron chi connectivity index (χ2n) is 9.41. The fraction of sp³-hybridized carbons (Fsp3) is 0.355. The minimum atomic E-state index is -4.80. The Kier molecular flexibility index (Phi) is 12.5. The van der Waals surface area contributed by atoms with Gasteiger partial charge in [-0.1, -0.05) is 42.5 Å². The molecule has 0 aromatic heterocycles. The number of hydrogen-bond acceptors (Lipinski definition) is 5. The van der Waals surface area contributed by atoms with Crippen LogP contribution >= 0.6 is 0 Å². The Balaban J connectivity index is 1.56. The van der Waals surface area contributed by atoms with Crippen LogP contribution in [-0.2, 0) is 22.4 Å². The molecule has 8 nitrogen and oxygen atoms in total. The van der Waals surface area contributed by atoms with Crippen LogP contribution in [0.5, 0.6) is 11.5 Å². The molecule has 0 saturated carbocycles. The Morgan fingerprint density at radius 2 is 1.55 bits per heavy atom. The minimum Gasteiger partial charge on any atom is -0.492 e. The average Bonchev–Trinajstić information content (AvgIpc) is 2.95. The van der Waals surface area contributed by atoms with E-state index in [0.717, 1.165) is 37.0 Å². The van der Waals surface area contributed by atoms with Gasteiger partial charge in [-0.3, -0.25) is 0 Å². The van der Waals surface area contributed by atoms with E-state index in [9.17, 15) is 27.9 Å². The monoisotopic (exact) mass is 588 g/mol. The topological polar surface area (TPSA) is 97.3 Å². The van der Waals surface area contributed by atoms with E-state index in [1.165, 1.54) is 17.7 Å². The molecule has 0 fully saturated rings. The fourth-order valence-corrected chi connectivity index (χ4v) is 4.16. The highest BCUT2D eigenvalue weighted by Gasteiger charge is 2.31. The number of alkyl halides is 3. The number of urea groups is 1. The smallest absolute Gasteiger partial charge is 0.492 e. The molecule has 0 heterocycles. The Bertz CT molecular complexity index is 1240. The Labute approximate surface area is 243 Å². The van der Waals surface area contributed by atoms with Crippen molar-refractivity contribution >= 4 is 17.7 Å². The van der Waals surface area contributed by atoms with Crippen molar-refractivity contribution in [3.05, 3.63) is 90.0 Å². The van der Waals surface area contributed by atoms with Crippen LogP contribution in [0.15, 0.2) is 78.9 Å². The summed E-state index contributed by atoms with van der Waals surface area (Å²) in [7, 11) is 0. The standard InChI is InChI=1S/C31H35F3N2O6/c1-2-40-28(29(37)38)22-24-11-15-26(16-12-24)41-21-20-36(19-7-6-10-23-8-4-3-5-9-23)30(39)35-25-13-17-27(18-14-25)42-31(32,33)34/h3-5,8-9,11-18,28H,2,6-7,10,19-22H2,1H3,(H,35,39)(H,37,38). The zero-order chi connectivity index (χ0) is 30.4. The molecule has 0 bridgehead atoms. The number of hydrogen-bond donors (Lipinski definition) is 2. The third-order valence-electron chi connectivity index (χ3n) is 6.23. The van der Waals surface area contributed by atoms with Gasteiger partial charge in [0, 0.05) is 25.3 Å². The molecule has 0 radical (unpaired) electrons. The highest BCUT2D eigenvalue weighted by molar-refractivity contribution is 5.89. The molecule has 42 heavy (non-hydrogen) atoms. The fourth-order valence-electron chi connectivity index (χ4n) is 4.16. The van der Waals surface area contributed by atoms with Crippen LogP contribution in [-0.4, -0.2) is 60.8 Å². The number of aryl methyl sites for hydroxylation is 1. The third kappa shape index (κ3) is 11.7. The van der Waals surface area contributed by atoms with E-state index in [1.54, 1.807) is 36.1 Å². The van der Waals surface area contributed by atoms with E-state index >= 15 is 0 Å². The largest absolute Gasteiger partial charge is 0.573 e. The first-order valence-electron chi connectivity index (χ1n) is 13.6. The molecular weight excluding hydrogens is 553 g/mol. The lowest BCUT2D eigenvalue weighted by Crippen LogP contribution is -2.38. The highest BCUT2D eigenvalue weighted by Crippen LogP contribution is 2.24. The van der Waals surface area contributed by atoms with Gasteiger partial charge in [-0.2, -0.15) is 0 Å². The SMILES string of the molecule is CCOC(Cc1ccc(OCCN(CCCCc2ccccc2)C(=O)Nc2ccc(OC(F)(F)F)cc2)cc1)C(=O)O. The lowest BCUT2D eigenvalue weighted by Gasteiger charge is -2.23. The molecule has 0 aliphatic rings. The third-order valence-corrected chi connectivity index (χ3v) is 6.23. The van der Waals surface area contributed by atoms with E-state index < -0.39 is 24.5 Å². The van der Waals surface area contributed by atoms with Crippen molar-refractivity contribution in [2.45, 2.75) is 45.1 Å². The van der Waals surface area contributed by atoms with Crippen LogP contribution in [0.3, 0.4) is 0 Å². The minimum absolute atomic E-state index is 0.195. The molecule has 0 aliphatic carbocycles. The number of anilines is 1. The van der Waals surface area contributed by atoms with E-state index in [4.69, 9.17) is 9.47 Å². The molecule has 0 aliphatic heterocycles. The van der Waals surface area contributed by atoms with Crippen LogP contribution in [0.1, 0.15) is 30.9 Å². The van der Waals surface area contributed by atoms with Crippen molar-refractivity contribution in [3.63, 3.8) is 0 Å². The zero-order valence-corrected chi connectivity index (χ0v) is 23.3. The van der Waals surface area contributed by atoms with Gasteiger partial charge in [0.25, 0.3) is 0 Å².